The van der Waals surface area contributed by atoms with Crippen LogP contribution >= 0.6 is 0 Å². The number of carbonyl (C=O) groups is 1. The van der Waals surface area contributed by atoms with Gasteiger partial charge in [-0.3, -0.25) is 4.79 Å². The van der Waals surface area contributed by atoms with E-state index in [2.05, 4.69) is 6.92 Å². The van der Waals surface area contributed by atoms with Gasteiger partial charge in [-0.15, -0.1) is 0 Å². The fourth-order valence-electron chi connectivity index (χ4n) is 2.82. The number of carboxylic acids is 1. The third kappa shape index (κ3) is 2.74. The second kappa shape index (κ2) is 5.73. The monoisotopic (exact) mass is 278 g/mol. The molecule has 1 aliphatic rings. The zero-order chi connectivity index (χ0) is 14.8. The lowest BCUT2D eigenvalue weighted by atomic mass is 9.89. The van der Waals surface area contributed by atoms with Crippen molar-refractivity contribution in [3.05, 3.63) is 23.3 Å². The summed E-state index contributed by atoms with van der Waals surface area (Å²) in [6, 6.07) is 3.97. The van der Waals surface area contributed by atoms with Crippen molar-refractivity contribution >= 4 is 5.97 Å². The maximum Gasteiger partial charge on any atom is 0.304 e. The molecule has 0 unspecified atom stereocenters. The van der Waals surface area contributed by atoms with Gasteiger partial charge in [0.25, 0.3) is 0 Å². The molecule has 0 spiro atoms. The van der Waals surface area contributed by atoms with Crippen LogP contribution in [0.4, 0.5) is 0 Å². The van der Waals surface area contributed by atoms with E-state index in [0.29, 0.717) is 0 Å². The summed E-state index contributed by atoms with van der Waals surface area (Å²) in [5.41, 5.74) is 1.82. The standard InChI is InChI=1S/C16H22O4/c1-4-5-11-8-14(20-3)12(9-13(11)19-2)16(6-7-16)10-15(17)18/h8-9H,4-7,10H2,1-3H3,(H,17,18). The molecule has 0 aliphatic heterocycles. The second-order valence-electron chi connectivity index (χ2n) is 5.47. The third-order valence-corrected chi connectivity index (χ3v) is 4.04. The number of rotatable bonds is 7. The molecule has 1 aliphatic carbocycles. The van der Waals surface area contributed by atoms with Gasteiger partial charge in [-0.25, -0.2) is 0 Å². The quantitative estimate of drug-likeness (QED) is 0.832. The van der Waals surface area contributed by atoms with Gasteiger partial charge >= 0.3 is 5.97 Å². The highest BCUT2D eigenvalue weighted by Gasteiger charge is 2.48. The number of methoxy groups -OCH3 is 2. The number of ether oxygens (including phenoxy) is 2. The predicted molar refractivity (Wildman–Crippen MR) is 76.7 cm³/mol. The SMILES string of the molecule is CCCc1cc(OC)c(C2(CC(=O)O)CC2)cc1OC. The summed E-state index contributed by atoms with van der Waals surface area (Å²) in [4.78, 5) is 11.1. The Morgan fingerprint density at radius 3 is 2.35 bits per heavy atom. The molecule has 20 heavy (non-hydrogen) atoms. The van der Waals surface area contributed by atoms with E-state index in [0.717, 1.165) is 48.3 Å². The molecule has 1 aromatic rings. The van der Waals surface area contributed by atoms with Gasteiger partial charge in [0.05, 0.1) is 20.6 Å². The molecule has 1 N–H and O–H groups in total. The first-order valence-corrected chi connectivity index (χ1v) is 7.03. The fourth-order valence-corrected chi connectivity index (χ4v) is 2.82. The minimum Gasteiger partial charge on any atom is -0.496 e. The normalized spacial score (nSPS) is 15.8. The number of hydrogen-bond donors (Lipinski definition) is 1. The fraction of sp³-hybridized carbons (Fsp3) is 0.562. The minimum absolute atomic E-state index is 0.152. The summed E-state index contributed by atoms with van der Waals surface area (Å²) < 4.78 is 11.0. The van der Waals surface area contributed by atoms with Crippen LogP contribution in [-0.2, 0) is 16.6 Å². The van der Waals surface area contributed by atoms with Gasteiger partial charge in [-0.1, -0.05) is 13.3 Å². The molecule has 0 saturated heterocycles. The molecule has 2 rings (SSSR count). The van der Waals surface area contributed by atoms with Crippen LogP contribution in [0.15, 0.2) is 12.1 Å². The highest BCUT2D eigenvalue weighted by Crippen LogP contribution is 2.55. The van der Waals surface area contributed by atoms with Crippen LogP contribution in [0.3, 0.4) is 0 Å². The number of carboxylic acid groups (broad SMARTS) is 1. The maximum atomic E-state index is 11.1. The molecule has 0 atom stereocenters. The van der Waals surface area contributed by atoms with Crippen molar-refractivity contribution in [3.8, 4) is 11.5 Å². The highest BCUT2D eigenvalue weighted by molar-refractivity contribution is 5.71. The molecule has 0 amide bonds. The van der Waals surface area contributed by atoms with Crippen LogP contribution in [0.5, 0.6) is 11.5 Å². The first-order chi connectivity index (χ1) is 9.56. The molecule has 0 radical (unpaired) electrons. The number of aliphatic carboxylic acids is 1. The van der Waals surface area contributed by atoms with Gasteiger partial charge in [0.2, 0.25) is 0 Å². The number of aryl methyl sites for hydroxylation is 1. The smallest absolute Gasteiger partial charge is 0.304 e. The molecule has 0 bridgehead atoms. The second-order valence-corrected chi connectivity index (χ2v) is 5.47. The van der Waals surface area contributed by atoms with Gasteiger partial charge in [0.1, 0.15) is 11.5 Å². The molecule has 4 heteroatoms. The first kappa shape index (κ1) is 14.7. The van der Waals surface area contributed by atoms with E-state index in [-0.39, 0.29) is 11.8 Å². The van der Waals surface area contributed by atoms with Crippen LogP contribution in [0.1, 0.15) is 43.7 Å². The highest BCUT2D eigenvalue weighted by atomic mass is 16.5. The van der Waals surface area contributed by atoms with Crippen molar-refractivity contribution in [2.24, 2.45) is 0 Å². The summed E-state index contributed by atoms with van der Waals surface area (Å²) >= 11 is 0. The Morgan fingerprint density at radius 2 is 1.90 bits per heavy atom. The van der Waals surface area contributed by atoms with Gasteiger partial charge in [-0.05, 0) is 37.0 Å². The van der Waals surface area contributed by atoms with Crippen LogP contribution < -0.4 is 9.47 Å². The van der Waals surface area contributed by atoms with Crippen LogP contribution in [0, 0.1) is 0 Å². The number of hydrogen-bond acceptors (Lipinski definition) is 3. The molecular formula is C16H22O4. The summed E-state index contributed by atoms with van der Waals surface area (Å²) in [7, 11) is 3.29. The lowest BCUT2D eigenvalue weighted by Crippen LogP contribution is -2.14. The van der Waals surface area contributed by atoms with Crippen molar-refractivity contribution < 1.29 is 19.4 Å². The van der Waals surface area contributed by atoms with Crippen LogP contribution in [-0.4, -0.2) is 25.3 Å². The van der Waals surface area contributed by atoms with Crippen LogP contribution in [0.25, 0.3) is 0 Å². The van der Waals surface area contributed by atoms with E-state index in [4.69, 9.17) is 14.6 Å². The van der Waals surface area contributed by atoms with Crippen molar-refractivity contribution in [1.82, 2.24) is 0 Å². The number of benzene rings is 1. The van der Waals surface area contributed by atoms with E-state index < -0.39 is 5.97 Å². The molecular weight excluding hydrogens is 256 g/mol. The van der Waals surface area contributed by atoms with E-state index in [9.17, 15) is 4.79 Å². The van der Waals surface area contributed by atoms with E-state index in [1.807, 2.05) is 12.1 Å². The van der Waals surface area contributed by atoms with Gasteiger partial charge in [-0.2, -0.15) is 0 Å². The van der Waals surface area contributed by atoms with Gasteiger partial charge in [0, 0.05) is 11.0 Å². The maximum absolute atomic E-state index is 11.1. The summed E-state index contributed by atoms with van der Waals surface area (Å²) in [5.74, 6) is 0.855. The Morgan fingerprint density at radius 1 is 1.25 bits per heavy atom. The van der Waals surface area contributed by atoms with Crippen molar-refractivity contribution in [3.63, 3.8) is 0 Å². The summed E-state index contributed by atoms with van der Waals surface area (Å²) in [6.07, 6.45) is 3.89. The van der Waals surface area contributed by atoms with Crippen molar-refractivity contribution in [1.29, 1.82) is 0 Å². The average molecular weight is 278 g/mol. The molecule has 1 saturated carbocycles. The lowest BCUT2D eigenvalue weighted by Gasteiger charge is -2.20. The van der Waals surface area contributed by atoms with Gasteiger partial charge in [0.15, 0.2) is 0 Å². The zero-order valence-electron chi connectivity index (χ0n) is 12.4. The van der Waals surface area contributed by atoms with Crippen molar-refractivity contribution in [2.75, 3.05) is 14.2 Å². The Bertz CT molecular complexity index is 503. The molecule has 1 fully saturated rings. The first-order valence-electron chi connectivity index (χ1n) is 7.03. The molecule has 110 valence electrons. The van der Waals surface area contributed by atoms with E-state index >= 15 is 0 Å². The summed E-state index contributed by atoms with van der Waals surface area (Å²) in [5, 5.41) is 9.11. The zero-order valence-corrected chi connectivity index (χ0v) is 12.4. The van der Waals surface area contributed by atoms with Gasteiger partial charge < -0.3 is 14.6 Å². The summed E-state index contributed by atoms with van der Waals surface area (Å²) in [6.45, 7) is 2.12. The predicted octanol–water partition coefficient (Wildman–Crippen LogP) is 3.16. The average Bonchev–Trinajstić information content (AvgIpc) is 3.18. The lowest BCUT2D eigenvalue weighted by molar-refractivity contribution is -0.137. The Labute approximate surface area is 119 Å². The Balaban J connectivity index is 2.44. The topological polar surface area (TPSA) is 55.8 Å². The van der Waals surface area contributed by atoms with Crippen molar-refractivity contribution in [2.45, 2.75) is 44.4 Å². The Kier molecular flexibility index (Phi) is 4.21. The molecule has 0 aromatic heterocycles. The minimum atomic E-state index is -0.763. The Hall–Kier alpha value is -1.71. The van der Waals surface area contributed by atoms with Crippen LogP contribution in [0.2, 0.25) is 0 Å². The van der Waals surface area contributed by atoms with E-state index in [1.165, 1.54) is 0 Å². The largest absolute Gasteiger partial charge is 0.496 e. The molecule has 0 heterocycles. The van der Waals surface area contributed by atoms with E-state index in [1.54, 1.807) is 14.2 Å². The molecule has 1 aromatic carbocycles. The third-order valence-electron chi connectivity index (χ3n) is 4.04. The molecule has 4 nitrogen and oxygen atoms in total.